The van der Waals surface area contributed by atoms with Crippen LogP contribution in [0.4, 0.5) is 8.78 Å². The van der Waals surface area contributed by atoms with Gasteiger partial charge in [0.05, 0.1) is 18.2 Å². The molecule has 3 nitrogen and oxygen atoms in total. The molecule has 0 atom stereocenters. The number of fused-ring (bicyclic) bond motifs is 1. The maximum absolute atomic E-state index is 13.7. The molecule has 2 aromatic rings. The first-order chi connectivity index (χ1) is 8.63. The van der Waals surface area contributed by atoms with Crippen LogP contribution >= 0.6 is 0 Å². The van der Waals surface area contributed by atoms with Gasteiger partial charge in [-0.3, -0.25) is 0 Å². The highest BCUT2D eigenvalue weighted by Crippen LogP contribution is 2.43. The minimum Gasteiger partial charge on any atom is -0.465 e. The molecule has 0 bridgehead atoms. The summed E-state index contributed by atoms with van der Waals surface area (Å²) in [6.07, 6.45) is 1.89. The number of carbonyl (C=O) groups is 1. The third-order valence-corrected chi connectivity index (χ3v) is 3.27. The molecule has 0 saturated heterocycles. The van der Waals surface area contributed by atoms with Crippen molar-refractivity contribution in [2.45, 2.75) is 18.8 Å². The number of carbonyl (C=O) groups excluding carboxylic acids is 1. The third kappa shape index (κ3) is 1.50. The van der Waals surface area contributed by atoms with E-state index in [9.17, 15) is 13.6 Å². The van der Waals surface area contributed by atoms with Crippen molar-refractivity contribution in [1.82, 2.24) is 4.98 Å². The second-order valence-corrected chi connectivity index (χ2v) is 4.46. The van der Waals surface area contributed by atoms with E-state index in [1.807, 2.05) is 0 Å². The number of hydrogen-bond acceptors (Lipinski definition) is 2. The van der Waals surface area contributed by atoms with E-state index in [1.54, 1.807) is 0 Å². The highest BCUT2D eigenvalue weighted by Gasteiger charge is 2.32. The molecular formula is C13H11F2NO2. The number of halogens is 2. The van der Waals surface area contributed by atoms with Gasteiger partial charge in [0.25, 0.3) is 0 Å². The Labute approximate surface area is 102 Å². The van der Waals surface area contributed by atoms with Crippen molar-refractivity contribution >= 4 is 16.9 Å². The average molecular weight is 251 g/mol. The van der Waals surface area contributed by atoms with Gasteiger partial charge in [-0.15, -0.1) is 0 Å². The Morgan fingerprint density at radius 2 is 2.11 bits per heavy atom. The zero-order valence-electron chi connectivity index (χ0n) is 9.72. The van der Waals surface area contributed by atoms with E-state index in [0.29, 0.717) is 16.6 Å². The highest BCUT2D eigenvalue weighted by atomic mass is 19.2. The van der Waals surface area contributed by atoms with Crippen LogP contribution in [-0.4, -0.2) is 18.1 Å². The molecule has 0 spiro atoms. The molecule has 1 aromatic heterocycles. The van der Waals surface area contributed by atoms with Crippen LogP contribution in [0.1, 0.15) is 34.8 Å². The van der Waals surface area contributed by atoms with Crippen molar-refractivity contribution in [1.29, 1.82) is 0 Å². The zero-order chi connectivity index (χ0) is 12.9. The number of hydrogen-bond donors (Lipinski definition) is 1. The fourth-order valence-corrected chi connectivity index (χ4v) is 2.22. The van der Waals surface area contributed by atoms with Gasteiger partial charge in [0, 0.05) is 11.1 Å². The number of esters is 1. The van der Waals surface area contributed by atoms with E-state index in [2.05, 4.69) is 4.98 Å². The van der Waals surface area contributed by atoms with Gasteiger partial charge in [-0.05, 0) is 30.9 Å². The van der Waals surface area contributed by atoms with Gasteiger partial charge in [0.15, 0.2) is 11.6 Å². The van der Waals surface area contributed by atoms with E-state index < -0.39 is 17.6 Å². The Kier molecular flexibility index (Phi) is 2.36. The first kappa shape index (κ1) is 11.2. The Balaban J connectivity index is 2.32. The molecule has 0 unspecified atom stereocenters. The van der Waals surface area contributed by atoms with Gasteiger partial charge in [-0.2, -0.15) is 0 Å². The van der Waals surface area contributed by atoms with Crippen molar-refractivity contribution in [2.75, 3.05) is 7.11 Å². The van der Waals surface area contributed by atoms with E-state index in [1.165, 1.54) is 13.2 Å². The molecule has 0 amide bonds. The van der Waals surface area contributed by atoms with Gasteiger partial charge in [-0.1, -0.05) is 0 Å². The fraction of sp³-hybridized carbons (Fsp3) is 0.308. The van der Waals surface area contributed by atoms with Gasteiger partial charge < -0.3 is 9.72 Å². The van der Waals surface area contributed by atoms with Crippen molar-refractivity contribution < 1.29 is 18.3 Å². The monoisotopic (exact) mass is 251 g/mol. The topological polar surface area (TPSA) is 42.1 Å². The molecule has 1 aliphatic carbocycles. The second kappa shape index (κ2) is 3.80. The number of ether oxygens (including phenoxy) is 1. The molecule has 0 aliphatic heterocycles. The first-order valence-electron chi connectivity index (χ1n) is 5.71. The maximum atomic E-state index is 13.7. The fourth-order valence-electron chi connectivity index (χ4n) is 2.22. The van der Waals surface area contributed by atoms with Crippen molar-refractivity contribution in [3.63, 3.8) is 0 Å². The molecule has 1 aromatic carbocycles. The number of rotatable bonds is 2. The lowest BCUT2D eigenvalue weighted by molar-refractivity contribution is 0.0601. The smallest absolute Gasteiger partial charge is 0.340 e. The standard InChI is InChI=1S/C13H11F2NO2/c1-18-13(17)9-7-4-5-8(14)10(15)12(7)16-11(9)6-2-3-6/h4-6,16H,2-3H2,1H3. The van der Waals surface area contributed by atoms with E-state index in [0.717, 1.165) is 18.9 Å². The van der Waals surface area contributed by atoms with Crippen LogP contribution in [0.25, 0.3) is 10.9 Å². The van der Waals surface area contributed by atoms with Gasteiger partial charge in [-0.25, -0.2) is 13.6 Å². The second-order valence-electron chi connectivity index (χ2n) is 4.46. The van der Waals surface area contributed by atoms with Crippen LogP contribution in [0.15, 0.2) is 12.1 Å². The van der Waals surface area contributed by atoms with Crippen LogP contribution < -0.4 is 0 Å². The third-order valence-electron chi connectivity index (χ3n) is 3.27. The average Bonchev–Trinajstić information content (AvgIpc) is 3.14. The van der Waals surface area contributed by atoms with Crippen LogP contribution in [-0.2, 0) is 4.74 Å². The molecule has 1 N–H and O–H groups in total. The Hall–Kier alpha value is -1.91. The number of aromatic amines is 1. The summed E-state index contributed by atoms with van der Waals surface area (Å²) in [6, 6.07) is 2.43. The van der Waals surface area contributed by atoms with Gasteiger partial charge in [0.1, 0.15) is 0 Å². The Bertz CT molecular complexity index is 644. The number of aromatic nitrogens is 1. The van der Waals surface area contributed by atoms with Gasteiger partial charge in [0.2, 0.25) is 0 Å². The van der Waals surface area contributed by atoms with Crippen molar-refractivity contribution in [2.24, 2.45) is 0 Å². The molecule has 1 saturated carbocycles. The SMILES string of the molecule is COC(=O)c1c(C2CC2)[nH]c2c(F)c(F)ccc12. The predicted molar refractivity (Wildman–Crippen MR) is 61.5 cm³/mol. The molecule has 3 rings (SSSR count). The Morgan fingerprint density at radius 3 is 2.72 bits per heavy atom. The zero-order valence-corrected chi connectivity index (χ0v) is 9.72. The Morgan fingerprint density at radius 1 is 1.39 bits per heavy atom. The lowest BCUT2D eigenvalue weighted by Gasteiger charge is -2.00. The van der Waals surface area contributed by atoms with Crippen molar-refractivity contribution in [3.05, 3.63) is 35.0 Å². The molecule has 94 valence electrons. The minimum absolute atomic E-state index is 0.0392. The molecule has 0 radical (unpaired) electrons. The normalized spacial score (nSPS) is 15.1. The number of H-pyrrole nitrogens is 1. The van der Waals surface area contributed by atoms with Gasteiger partial charge >= 0.3 is 5.97 Å². The summed E-state index contributed by atoms with van der Waals surface area (Å²) in [5.74, 6) is -2.19. The van der Waals surface area contributed by atoms with Crippen LogP contribution in [0.5, 0.6) is 0 Å². The number of nitrogens with one attached hydrogen (secondary N) is 1. The molecule has 1 aliphatic rings. The molecule has 1 fully saturated rings. The predicted octanol–water partition coefficient (Wildman–Crippen LogP) is 3.11. The maximum Gasteiger partial charge on any atom is 0.340 e. The summed E-state index contributed by atoms with van der Waals surface area (Å²) in [6.45, 7) is 0. The van der Waals surface area contributed by atoms with E-state index >= 15 is 0 Å². The summed E-state index contributed by atoms with van der Waals surface area (Å²) in [5.41, 5.74) is 1.02. The number of benzene rings is 1. The first-order valence-corrected chi connectivity index (χ1v) is 5.71. The number of methoxy groups -OCH3 is 1. The van der Waals surface area contributed by atoms with Crippen LogP contribution in [0.3, 0.4) is 0 Å². The van der Waals surface area contributed by atoms with Crippen molar-refractivity contribution in [3.8, 4) is 0 Å². The molecule has 5 heteroatoms. The lowest BCUT2D eigenvalue weighted by atomic mass is 10.1. The van der Waals surface area contributed by atoms with E-state index in [-0.39, 0.29) is 11.4 Å². The quantitative estimate of drug-likeness (QED) is 0.833. The minimum atomic E-state index is -0.954. The highest BCUT2D eigenvalue weighted by molar-refractivity contribution is 6.06. The molecule has 1 heterocycles. The summed E-state index contributed by atoms with van der Waals surface area (Å²) in [7, 11) is 1.28. The largest absolute Gasteiger partial charge is 0.465 e. The summed E-state index contributed by atoms with van der Waals surface area (Å²) >= 11 is 0. The molecule has 18 heavy (non-hydrogen) atoms. The summed E-state index contributed by atoms with van der Waals surface area (Å²) in [4.78, 5) is 14.6. The van der Waals surface area contributed by atoms with Crippen LogP contribution in [0.2, 0.25) is 0 Å². The molecular weight excluding hydrogens is 240 g/mol. The van der Waals surface area contributed by atoms with Crippen LogP contribution in [0, 0.1) is 11.6 Å². The van der Waals surface area contributed by atoms with E-state index in [4.69, 9.17) is 4.74 Å². The summed E-state index contributed by atoms with van der Waals surface area (Å²) < 4.78 is 31.6. The summed E-state index contributed by atoms with van der Waals surface area (Å²) in [5, 5.41) is 0.377. The lowest BCUT2D eigenvalue weighted by Crippen LogP contribution is -2.03.